The lowest BCUT2D eigenvalue weighted by atomic mass is 10.2. The fourth-order valence-corrected chi connectivity index (χ4v) is 4.01. The Morgan fingerprint density at radius 3 is 2.70 bits per heavy atom. The van der Waals surface area contributed by atoms with Gasteiger partial charge < -0.3 is 9.80 Å². The Bertz CT molecular complexity index is 876. The Labute approximate surface area is 162 Å². The second-order valence-electron chi connectivity index (χ2n) is 6.44. The number of anilines is 1. The molecule has 4 rings (SSSR count). The topological polar surface area (TPSA) is 62.2 Å². The SMILES string of the molecule is O=C(CCc1csc(-c2cccnc2)n1)N1CCN(c2ccccn2)CC1. The molecule has 138 valence electrons. The van der Waals surface area contributed by atoms with Crippen molar-refractivity contribution in [1.82, 2.24) is 19.9 Å². The molecule has 1 fully saturated rings. The quantitative estimate of drug-likeness (QED) is 0.682. The number of aryl methyl sites for hydroxylation is 1. The molecule has 4 heterocycles. The maximum atomic E-state index is 12.5. The Morgan fingerprint density at radius 1 is 1.07 bits per heavy atom. The van der Waals surface area contributed by atoms with Gasteiger partial charge in [-0.05, 0) is 30.7 Å². The molecule has 0 radical (unpaired) electrons. The molecular weight excluding hydrogens is 358 g/mol. The van der Waals surface area contributed by atoms with Crippen molar-refractivity contribution in [3.05, 3.63) is 60.0 Å². The summed E-state index contributed by atoms with van der Waals surface area (Å²) in [5, 5.41) is 2.99. The van der Waals surface area contributed by atoms with E-state index in [9.17, 15) is 4.79 Å². The van der Waals surface area contributed by atoms with Crippen molar-refractivity contribution >= 4 is 23.1 Å². The van der Waals surface area contributed by atoms with Crippen LogP contribution >= 0.6 is 11.3 Å². The molecule has 3 aromatic rings. The van der Waals surface area contributed by atoms with E-state index in [4.69, 9.17) is 0 Å². The Morgan fingerprint density at radius 2 is 1.96 bits per heavy atom. The molecule has 0 spiro atoms. The monoisotopic (exact) mass is 379 g/mol. The van der Waals surface area contributed by atoms with E-state index in [0.717, 1.165) is 48.3 Å². The molecule has 6 nitrogen and oxygen atoms in total. The maximum absolute atomic E-state index is 12.5. The van der Waals surface area contributed by atoms with Crippen molar-refractivity contribution in [1.29, 1.82) is 0 Å². The maximum Gasteiger partial charge on any atom is 0.223 e. The standard InChI is InChI=1S/C20H21N5OS/c26-19(25-12-10-24(11-13-25)18-5-1-2-9-22-18)7-6-17-15-27-20(23-17)16-4-3-8-21-14-16/h1-5,8-9,14-15H,6-7,10-13H2. The molecule has 1 saturated heterocycles. The van der Waals surface area contributed by atoms with Gasteiger partial charge >= 0.3 is 0 Å². The molecule has 1 amide bonds. The van der Waals surface area contributed by atoms with Crippen molar-refractivity contribution < 1.29 is 4.79 Å². The number of rotatable bonds is 5. The first-order chi connectivity index (χ1) is 13.3. The number of amides is 1. The van der Waals surface area contributed by atoms with Gasteiger partial charge in [-0.25, -0.2) is 9.97 Å². The number of carbonyl (C=O) groups is 1. The number of carbonyl (C=O) groups excluding carboxylic acids is 1. The van der Waals surface area contributed by atoms with Crippen LogP contribution in [0.1, 0.15) is 12.1 Å². The molecule has 0 aromatic carbocycles. The van der Waals surface area contributed by atoms with Gasteiger partial charge in [-0.2, -0.15) is 0 Å². The van der Waals surface area contributed by atoms with E-state index in [1.165, 1.54) is 0 Å². The van der Waals surface area contributed by atoms with Crippen molar-refractivity contribution in [2.75, 3.05) is 31.1 Å². The van der Waals surface area contributed by atoms with Gasteiger partial charge in [0.2, 0.25) is 5.91 Å². The van der Waals surface area contributed by atoms with Crippen molar-refractivity contribution in [3.63, 3.8) is 0 Å². The Kier molecular flexibility index (Phi) is 5.39. The fourth-order valence-electron chi connectivity index (χ4n) is 3.16. The van der Waals surface area contributed by atoms with Gasteiger partial charge in [-0.3, -0.25) is 9.78 Å². The van der Waals surface area contributed by atoms with Gasteiger partial charge in [0, 0.05) is 62.1 Å². The number of thiazole rings is 1. The van der Waals surface area contributed by atoms with Gasteiger partial charge in [0.05, 0.1) is 5.69 Å². The van der Waals surface area contributed by atoms with Crippen LogP contribution in [0.3, 0.4) is 0 Å². The molecule has 0 bridgehead atoms. The first-order valence-corrected chi connectivity index (χ1v) is 9.96. The molecule has 0 unspecified atom stereocenters. The third kappa shape index (κ3) is 4.31. The van der Waals surface area contributed by atoms with Crippen LogP contribution in [0.2, 0.25) is 0 Å². The zero-order valence-corrected chi connectivity index (χ0v) is 15.8. The van der Waals surface area contributed by atoms with Gasteiger partial charge in [0.1, 0.15) is 10.8 Å². The summed E-state index contributed by atoms with van der Waals surface area (Å²) >= 11 is 1.60. The third-order valence-corrected chi connectivity index (χ3v) is 5.60. The average molecular weight is 379 g/mol. The zero-order chi connectivity index (χ0) is 18.5. The fraction of sp³-hybridized carbons (Fsp3) is 0.300. The molecule has 0 aliphatic carbocycles. The highest BCUT2D eigenvalue weighted by atomic mass is 32.1. The summed E-state index contributed by atoms with van der Waals surface area (Å²) in [6.07, 6.45) is 6.55. The molecule has 1 aliphatic rings. The van der Waals surface area contributed by atoms with Crippen LogP contribution in [0.15, 0.2) is 54.3 Å². The van der Waals surface area contributed by atoms with E-state index in [2.05, 4.69) is 19.9 Å². The molecule has 0 atom stereocenters. The largest absolute Gasteiger partial charge is 0.353 e. The number of aromatic nitrogens is 3. The normalized spacial score (nSPS) is 14.4. The van der Waals surface area contributed by atoms with Crippen LogP contribution in [-0.2, 0) is 11.2 Å². The predicted molar refractivity (Wildman–Crippen MR) is 107 cm³/mol. The first kappa shape index (κ1) is 17.6. The van der Waals surface area contributed by atoms with Crippen LogP contribution in [0.4, 0.5) is 5.82 Å². The van der Waals surface area contributed by atoms with E-state index < -0.39 is 0 Å². The highest BCUT2D eigenvalue weighted by Crippen LogP contribution is 2.23. The number of piperazine rings is 1. The highest BCUT2D eigenvalue weighted by Gasteiger charge is 2.21. The van der Waals surface area contributed by atoms with Crippen LogP contribution in [0, 0.1) is 0 Å². The number of pyridine rings is 2. The summed E-state index contributed by atoms with van der Waals surface area (Å²) in [5.41, 5.74) is 1.99. The summed E-state index contributed by atoms with van der Waals surface area (Å²) < 4.78 is 0. The van der Waals surface area contributed by atoms with E-state index in [-0.39, 0.29) is 5.91 Å². The minimum absolute atomic E-state index is 0.201. The van der Waals surface area contributed by atoms with Gasteiger partial charge in [-0.1, -0.05) is 6.07 Å². The number of hydrogen-bond donors (Lipinski definition) is 0. The first-order valence-electron chi connectivity index (χ1n) is 9.08. The Balaban J connectivity index is 1.27. The van der Waals surface area contributed by atoms with Gasteiger partial charge in [0.25, 0.3) is 0 Å². The molecule has 1 aliphatic heterocycles. The van der Waals surface area contributed by atoms with E-state index in [1.54, 1.807) is 23.7 Å². The van der Waals surface area contributed by atoms with E-state index in [1.807, 2.05) is 46.8 Å². The van der Waals surface area contributed by atoms with Crippen molar-refractivity contribution in [3.8, 4) is 10.6 Å². The lowest BCUT2D eigenvalue weighted by Gasteiger charge is -2.35. The molecule has 0 saturated carbocycles. The molecule has 3 aromatic heterocycles. The van der Waals surface area contributed by atoms with Gasteiger partial charge in [0.15, 0.2) is 0 Å². The van der Waals surface area contributed by atoms with Crippen LogP contribution < -0.4 is 4.90 Å². The lowest BCUT2D eigenvalue weighted by molar-refractivity contribution is -0.131. The summed E-state index contributed by atoms with van der Waals surface area (Å²) in [6.45, 7) is 3.13. The summed E-state index contributed by atoms with van der Waals surface area (Å²) in [4.78, 5) is 29.9. The van der Waals surface area contributed by atoms with Crippen LogP contribution in [0.25, 0.3) is 10.6 Å². The number of nitrogens with zero attached hydrogens (tertiary/aromatic N) is 5. The molecule has 0 N–H and O–H groups in total. The predicted octanol–water partition coefficient (Wildman–Crippen LogP) is 2.88. The smallest absolute Gasteiger partial charge is 0.223 e. The van der Waals surface area contributed by atoms with Crippen molar-refractivity contribution in [2.24, 2.45) is 0 Å². The van der Waals surface area contributed by atoms with Crippen molar-refractivity contribution in [2.45, 2.75) is 12.8 Å². The van der Waals surface area contributed by atoms with E-state index >= 15 is 0 Å². The average Bonchev–Trinajstić information content (AvgIpc) is 3.22. The van der Waals surface area contributed by atoms with E-state index in [0.29, 0.717) is 12.8 Å². The minimum Gasteiger partial charge on any atom is -0.353 e. The Hall–Kier alpha value is -2.80. The highest BCUT2D eigenvalue weighted by molar-refractivity contribution is 7.13. The second kappa shape index (κ2) is 8.26. The second-order valence-corrected chi connectivity index (χ2v) is 7.30. The number of hydrogen-bond acceptors (Lipinski definition) is 6. The molecular formula is C20H21N5OS. The van der Waals surface area contributed by atoms with Gasteiger partial charge in [-0.15, -0.1) is 11.3 Å². The zero-order valence-electron chi connectivity index (χ0n) is 15.0. The molecule has 7 heteroatoms. The van der Waals surface area contributed by atoms with Crippen LogP contribution in [0.5, 0.6) is 0 Å². The summed E-state index contributed by atoms with van der Waals surface area (Å²) in [5.74, 6) is 1.18. The minimum atomic E-state index is 0.201. The molecule has 27 heavy (non-hydrogen) atoms. The lowest BCUT2D eigenvalue weighted by Crippen LogP contribution is -2.49. The van der Waals surface area contributed by atoms with Crippen LogP contribution in [-0.4, -0.2) is 51.9 Å². The summed E-state index contributed by atoms with van der Waals surface area (Å²) in [6, 6.07) is 9.83. The third-order valence-electron chi connectivity index (χ3n) is 4.66. The summed E-state index contributed by atoms with van der Waals surface area (Å²) in [7, 11) is 0.